The number of hydrogen-bond acceptors (Lipinski definition) is 4. The first-order chi connectivity index (χ1) is 17.1. The Bertz CT molecular complexity index is 1040. The zero-order valence-electron chi connectivity index (χ0n) is 23.0. The smallest absolute Gasteiger partial charge is 0.312 e. The molecular formula is C30H45ClO6. The fourth-order valence-electron chi connectivity index (χ4n) is 10.6. The van der Waals surface area contributed by atoms with Crippen LogP contribution in [0.25, 0.3) is 0 Å². The molecule has 0 saturated heterocycles. The molecule has 0 aromatic rings. The molecule has 3 saturated carbocycles. The van der Waals surface area contributed by atoms with Crippen LogP contribution in [0.5, 0.6) is 0 Å². The summed E-state index contributed by atoms with van der Waals surface area (Å²) in [5.74, 6) is -1.43. The molecule has 0 aromatic carbocycles. The van der Waals surface area contributed by atoms with Crippen LogP contribution in [0.15, 0.2) is 11.1 Å². The molecule has 37 heavy (non-hydrogen) atoms. The van der Waals surface area contributed by atoms with Gasteiger partial charge in [-0.1, -0.05) is 38.8 Å². The van der Waals surface area contributed by atoms with Gasteiger partial charge in [-0.05, 0) is 105 Å². The molecule has 5 rings (SSSR count). The fraction of sp³-hybridized carbons (Fsp3) is 0.867. The van der Waals surface area contributed by atoms with Gasteiger partial charge in [-0.25, -0.2) is 0 Å². The first-order valence-corrected chi connectivity index (χ1v) is 14.7. The standard InChI is InChI=1S/C30H45ClO6/c1-26(2)10-11-30(25(36)37)9-6-17-22(18(30)13-26)16(15-31)12-21-27(17,3)8-7-20-28(21,4)14-19(32)23(33)29(20,5)24(34)35/h16,18-21,23,32-33H,6-15H2,1-5H3,(H,34,35)(H,36,37)/t16-,18-,19+,20-,21-,23+,27+,28+,29+,30-/m1/s1. The SMILES string of the molecule is CC1(C)CC[C@]2(C(=O)O)CCC3=C([C@@H](CCl)C[C@H]4[C@@]5(C)C[C@H](O)[C@H](O)[C@@](C)(C(=O)O)[C@@H]5CC[C@@]34C)[C@H]2C1. The van der Waals surface area contributed by atoms with Crippen LogP contribution in [0.3, 0.4) is 0 Å². The monoisotopic (exact) mass is 536 g/mol. The average Bonchev–Trinajstić information content (AvgIpc) is 2.81. The number of carbonyl (C=O) groups is 2. The van der Waals surface area contributed by atoms with Gasteiger partial charge in [0.05, 0.1) is 23.0 Å². The van der Waals surface area contributed by atoms with Crippen molar-refractivity contribution in [1.29, 1.82) is 0 Å². The van der Waals surface area contributed by atoms with Gasteiger partial charge in [0, 0.05) is 5.88 Å². The minimum atomic E-state index is -1.42. The number of rotatable bonds is 3. The van der Waals surface area contributed by atoms with Crippen LogP contribution in [0.4, 0.5) is 0 Å². The predicted molar refractivity (Wildman–Crippen MR) is 141 cm³/mol. The maximum atomic E-state index is 12.8. The summed E-state index contributed by atoms with van der Waals surface area (Å²) >= 11 is 6.72. The van der Waals surface area contributed by atoms with Crippen molar-refractivity contribution in [3.63, 3.8) is 0 Å². The van der Waals surface area contributed by atoms with Crippen LogP contribution in [-0.2, 0) is 9.59 Å². The number of carboxylic acid groups (broad SMARTS) is 2. The summed E-state index contributed by atoms with van der Waals surface area (Å²) in [7, 11) is 0. The highest BCUT2D eigenvalue weighted by Gasteiger charge is 2.69. The largest absolute Gasteiger partial charge is 0.481 e. The normalized spacial score (nSPS) is 50.8. The fourth-order valence-corrected chi connectivity index (χ4v) is 10.9. The number of aliphatic carboxylic acids is 2. The van der Waals surface area contributed by atoms with E-state index in [2.05, 4.69) is 27.7 Å². The third kappa shape index (κ3) is 3.50. The molecule has 0 heterocycles. The Hall–Kier alpha value is -1.11. The first kappa shape index (κ1) is 27.5. The van der Waals surface area contributed by atoms with Crippen molar-refractivity contribution < 1.29 is 30.0 Å². The lowest BCUT2D eigenvalue weighted by Gasteiger charge is -2.67. The summed E-state index contributed by atoms with van der Waals surface area (Å²) < 4.78 is 0. The minimum Gasteiger partial charge on any atom is -0.481 e. The van der Waals surface area contributed by atoms with Gasteiger partial charge in [0.1, 0.15) is 0 Å². The molecule has 0 aliphatic heterocycles. The highest BCUT2D eigenvalue weighted by molar-refractivity contribution is 6.18. The second-order valence-corrected chi connectivity index (χ2v) is 15.1. The van der Waals surface area contributed by atoms with Gasteiger partial charge in [-0.2, -0.15) is 0 Å². The number of hydrogen-bond donors (Lipinski definition) is 4. The van der Waals surface area contributed by atoms with E-state index in [9.17, 15) is 30.0 Å². The molecular weight excluding hydrogens is 492 g/mol. The summed E-state index contributed by atoms with van der Waals surface area (Å²) in [5, 5.41) is 42.7. The molecule has 3 fully saturated rings. The van der Waals surface area contributed by atoms with E-state index in [1.165, 1.54) is 11.1 Å². The maximum Gasteiger partial charge on any atom is 0.312 e. The Labute approximate surface area is 225 Å². The topological polar surface area (TPSA) is 115 Å². The Morgan fingerprint density at radius 3 is 2.19 bits per heavy atom. The maximum absolute atomic E-state index is 12.8. The van der Waals surface area contributed by atoms with Crippen molar-refractivity contribution >= 4 is 23.5 Å². The second kappa shape index (κ2) is 8.44. The highest BCUT2D eigenvalue weighted by atomic mass is 35.5. The van der Waals surface area contributed by atoms with E-state index in [1.54, 1.807) is 6.92 Å². The molecule has 6 nitrogen and oxygen atoms in total. The predicted octanol–water partition coefficient (Wildman–Crippen LogP) is 5.49. The van der Waals surface area contributed by atoms with Crippen LogP contribution in [0.1, 0.15) is 92.4 Å². The summed E-state index contributed by atoms with van der Waals surface area (Å²) in [4.78, 5) is 25.4. The van der Waals surface area contributed by atoms with Crippen molar-refractivity contribution in [2.75, 3.05) is 5.88 Å². The number of allylic oxidation sites excluding steroid dienone is 2. The number of halogens is 1. The van der Waals surface area contributed by atoms with Crippen molar-refractivity contribution in [2.45, 2.75) is 105 Å². The summed E-state index contributed by atoms with van der Waals surface area (Å²) in [5.41, 5.74) is -0.0655. The van der Waals surface area contributed by atoms with Crippen LogP contribution in [0, 0.1) is 50.7 Å². The molecule has 0 radical (unpaired) electrons. The van der Waals surface area contributed by atoms with E-state index in [-0.39, 0.29) is 34.5 Å². The molecule has 0 spiro atoms. The zero-order valence-corrected chi connectivity index (χ0v) is 23.8. The number of aliphatic hydroxyl groups is 2. The lowest BCUT2D eigenvalue weighted by molar-refractivity contribution is -0.225. The minimum absolute atomic E-state index is 0.0207. The Morgan fingerprint density at radius 1 is 0.919 bits per heavy atom. The van der Waals surface area contributed by atoms with Crippen LogP contribution >= 0.6 is 11.6 Å². The van der Waals surface area contributed by atoms with E-state index >= 15 is 0 Å². The molecule has 208 valence electrons. The molecule has 4 N–H and O–H groups in total. The molecule has 5 aliphatic carbocycles. The van der Waals surface area contributed by atoms with Crippen LogP contribution in [-0.4, -0.2) is 50.5 Å². The Balaban J connectivity index is 1.65. The third-order valence-corrected chi connectivity index (χ3v) is 13.0. The van der Waals surface area contributed by atoms with Gasteiger partial charge in [0.25, 0.3) is 0 Å². The Morgan fingerprint density at radius 2 is 1.59 bits per heavy atom. The molecule has 5 aliphatic rings. The van der Waals surface area contributed by atoms with E-state index in [1.807, 2.05) is 0 Å². The van der Waals surface area contributed by atoms with Crippen molar-refractivity contribution in [1.82, 2.24) is 0 Å². The van der Waals surface area contributed by atoms with Crippen molar-refractivity contribution in [2.24, 2.45) is 50.7 Å². The lowest BCUT2D eigenvalue weighted by atomic mass is 9.37. The molecule has 0 bridgehead atoms. The van der Waals surface area contributed by atoms with E-state index in [4.69, 9.17) is 11.6 Å². The Kier molecular flexibility index (Phi) is 6.27. The number of alkyl halides is 1. The molecule has 0 unspecified atom stereocenters. The lowest BCUT2D eigenvalue weighted by Crippen LogP contribution is -2.67. The zero-order chi connectivity index (χ0) is 27.3. The van der Waals surface area contributed by atoms with Gasteiger partial charge in [-0.15, -0.1) is 11.6 Å². The summed E-state index contributed by atoms with van der Waals surface area (Å²) in [6.45, 7) is 10.6. The molecule has 10 atom stereocenters. The summed E-state index contributed by atoms with van der Waals surface area (Å²) in [6, 6.07) is 0. The van der Waals surface area contributed by atoms with E-state index in [0.717, 1.165) is 32.1 Å². The third-order valence-electron chi connectivity index (χ3n) is 12.6. The molecule has 0 aromatic heterocycles. The summed E-state index contributed by atoms with van der Waals surface area (Å²) in [6.07, 6.45) is 4.09. The van der Waals surface area contributed by atoms with Gasteiger partial charge >= 0.3 is 11.9 Å². The average molecular weight is 537 g/mol. The second-order valence-electron chi connectivity index (χ2n) is 14.8. The first-order valence-electron chi connectivity index (χ1n) is 14.2. The number of fused-ring (bicyclic) bond motifs is 6. The van der Waals surface area contributed by atoms with Crippen LogP contribution < -0.4 is 0 Å². The molecule has 7 heteroatoms. The van der Waals surface area contributed by atoms with Gasteiger partial charge in [0.2, 0.25) is 0 Å². The van der Waals surface area contributed by atoms with Crippen LogP contribution in [0.2, 0.25) is 0 Å². The number of aliphatic hydroxyl groups excluding tert-OH is 2. The van der Waals surface area contributed by atoms with Gasteiger partial charge < -0.3 is 20.4 Å². The van der Waals surface area contributed by atoms with E-state index in [0.29, 0.717) is 31.6 Å². The van der Waals surface area contributed by atoms with Gasteiger partial charge in [-0.3, -0.25) is 9.59 Å². The van der Waals surface area contributed by atoms with Crippen molar-refractivity contribution in [3.05, 3.63) is 11.1 Å². The quantitative estimate of drug-likeness (QED) is 0.280. The highest BCUT2D eigenvalue weighted by Crippen LogP contribution is 2.72. The molecule has 0 amide bonds. The number of carboxylic acids is 2. The van der Waals surface area contributed by atoms with Crippen molar-refractivity contribution in [3.8, 4) is 0 Å². The van der Waals surface area contributed by atoms with E-state index < -0.39 is 40.4 Å². The van der Waals surface area contributed by atoms with Gasteiger partial charge in [0.15, 0.2) is 0 Å².